The Morgan fingerprint density at radius 2 is 2.12 bits per heavy atom. The Balaban J connectivity index is 1.58. The maximum atomic E-state index is 12.5. The zero-order valence-electron chi connectivity index (χ0n) is 13.5. The lowest BCUT2D eigenvalue weighted by atomic mass is 10.1. The number of anilines is 2. The molecular weight excluding hydrogens is 320 g/mol. The number of methoxy groups -OCH3 is 1. The Morgan fingerprint density at radius 1 is 1.28 bits per heavy atom. The number of hydrogen-bond acceptors (Lipinski definition) is 5. The van der Waals surface area contributed by atoms with E-state index in [9.17, 15) is 9.59 Å². The molecule has 7 heteroatoms. The second-order valence-corrected chi connectivity index (χ2v) is 5.78. The third-order valence-electron chi connectivity index (χ3n) is 4.15. The summed E-state index contributed by atoms with van der Waals surface area (Å²) in [6.45, 7) is 0. The number of aromatic nitrogens is 2. The number of amides is 1. The molecule has 3 aromatic rings. The number of ether oxygens (including phenoxy) is 1. The van der Waals surface area contributed by atoms with E-state index in [1.165, 1.54) is 4.57 Å². The molecule has 0 aliphatic carbocycles. The van der Waals surface area contributed by atoms with Crippen molar-refractivity contribution in [2.24, 2.45) is 0 Å². The van der Waals surface area contributed by atoms with Crippen molar-refractivity contribution in [1.29, 1.82) is 0 Å². The number of benzene rings is 2. The largest absolute Gasteiger partial charge is 0.497 e. The highest BCUT2D eigenvalue weighted by Gasteiger charge is 2.31. The quantitative estimate of drug-likeness (QED) is 0.768. The van der Waals surface area contributed by atoms with E-state index in [0.29, 0.717) is 22.9 Å². The smallest absolute Gasteiger partial charge is 0.247 e. The van der Waals surface area contributed by atoms with Gasteiger partial charge in [-0.3, -0.25) is 9.59 Å². The maximum Gasteiger partial charge on any atom is 0.247 e. The van der Waals surface area contributed by atoms with E-state index in [1.807, 2.05) is 24.3 Å². The summed E-state index contributed by atoms with van der Waals surface area (Å²) < 4.78 is 6.66. The first-order valence-corrected chi connectivity index (χ1v) is 7.88. The molecular formula is C18H16N4O3. The van der Waals surface area contributed by atoms with Crippen LogP contribution in [0.5, 0.6) is 5.75 Å². The predicted molar refractivity (Wildman–Crippen MR) is 94.0 cm³/mol. The van der Waals surface area contributed by atoms with Gasteiger partial charge in [0, 0.05) is 11.8 Å². The van der Waals surface area contributed by atoms with Gasteiger partial charge >= 0.3 is 0 Å². The minimum absolute atomic E-state index is 0.0587. The summed E-state index contributed by atoms with van der Waals surface area (Å²) in [7, 11) is 1.56. The van der Waals surface area contributed by atoms with Gasteiger partial charge in [0.1, 0.15) is 11.8 Å². The number of carbonyl (C=O) groups is 2. The summed E-state index contributed by atoms with van der Waals surface area (Å²) in [6.07, 6.45) is 0.0587. The van der Waals surface area contributed by atoms with Crippen LogP contribution >= 0.6 is 0 Å². The first kappa shape index (κ1) is 15.2. The monoisotopic (exact) mass is 336 g/mol. The Labute approximate surface area is 143 Å². The Morgan fingerprint density at radius 3 is 2.96 bits per heavy atom. The van der Waals surface area contributed by atoms with Crippen LogP contribution in [0.15, 0.2) is 48.5 Å². The van der Waals surface area contributed by atoms with E-state index < -0.39 is 6.04 Å². The van der Waals surface area contributed by atoms with Crippen LogP contribution in [0.2, 0.25) is 0 Å². The van der Waals surface area contributed by atoms with Gasteiger partial charge in [0.05, 0.1) is 24.6 Å². The van der Waals surface area contributed by atoms with E-state index in [2.05, 4.69) is 15.6 Å². The molecule has 2 aromatic carbocycles. The lowest BCUT2D eigenvalue weighted by Gasteiger charge is -2.23. The van der Waals surface area contributed by atoms with Crippen molar-refractivity contribution < 1.29 is 14.3 Å². The molecule has 126 valence electrons. The molecule has 1 atom stereocenters. The third kappa shape index (κ3) is 2.69. The van der Waals surface area contributed by atoms with Crippen molar-refractivity contribution in [2.45, 2.75) is 12.5 Å². The van der Waals surface area contributed by atoms with Gasteiger partial charge in [-0.1, -0.05) is 18.2 Å². The number of hydrogen-bond donors (Lipinski definition) is 2. The summed E-state index contributed by atoms with van der Waals surface area (Å²) in [4.78, 5) is 29.4. The van der Waals surface area contributed by atoms with Crippen LogP contribution in [0.3, 0.4) is 0 Å². The van der Waals surface area contributed by atoms with Gasteiger partial charge < -0.3 is 15.4 Å². The zero-order chi connectivity index (χ0) is 17.4. The lowest BCUT2D eigenvalue weighted by Crippen LogP contribution is -2.42. The average molecular weight is 336 g/mol. The van der Waals surface area contributed by atoms with Gasteiger partial charge in [0.25, 0.3) is 0 Å². The van der Waals surface area contributed by atoms with Crippen LogP contribution < -0.4 is 15.4 Å². The molecule has 1 aliphatic heterocycles. The first-order valence-electron chi connectivity index (χ1n) is 7.88. The zero-order valence-corrected chi connectivity index (χ0v) is 13.5. The first-order chi connectivity index (χ1) is 12.2. The van der Waals surface area contributed by atoms with Crippen molar-refractivity contribution in [2.75, 3.05) is 17.7 Å². The standard InChI is InChI=1S/C18H16N4O3/c1-25-12-6-4-5-11(9-12)19-17(24)14-10-16(23)22-15-8-3-2-7-13(15)20-18(22)21-14/h2-9,14H,10H2,1H3,(H,19,24)(H,20,21)/t14-/m1/s1. The number of para-hydroxylation sites is 2. The van der Waals surface area contributed by atoms with Crippen molar-refractivity contribution in [1.82, 2.24) is 9.55 Å². The van der Waals surface area contributed by atoms with Gasteiger partial charge in [-0.25, -0.2) is 9.55 Å². The molecule has 0 saturated heterocycles. The number of nitrogens with one attached hydrogen (secondary N) is 2. The fraction of sp³-hybridized carbons (Fsp3) is 0.167. The molecule has 0 unspecified atom stereocenters. The topological polar surface area (TPSA) is 85.2 Å². The Kier molecular flexibility index (Phi) is 3.61. The highest BCUT2D eigenvalue weighted by molar-refractivity contribution is 6.04. The van der Waals surface area contributed by atoms with Crippen LogP contribution in [0.4, 0.5) is 11.6 Å². The summed E-state index contributed by atoms with van der Waals surface area (Å²) in [5.74, 6) is 0.587. The minimum Gasteiger partial charge on any atom is -0.497 e. The lowest BCUT2D eigenvalue weighted by molar-refractivity contribution is -0.117. The number of fused-ring (bicyclic) bond motifs is 3. The van der Waals surface area contributed by atoms with E-state index in [-0.39, 0.29) is 18.2 Å². The van der Waals surface area contributed by atoms with Gasteiger partial charge in [0.15, 0.2) is 0 Å². The van der Waals surface area contributed by atoms with Crippen molar-refractivity contribution in [3.8, 4) is 5.75 Å². The van der Waals surface area contributed by atoms with Crippen LogP contribution in [-0.4, -0.2) is 34.5 Å². The molecule has 0 fully saturated rings. The van der Waals surface area contributed by atoms with Crippen molar-refractivity contribution in [3.63, 3.8) is 0 Å². The molecule has 2 N–H and O–H groups in total. The fourth-order valence-corrected chi connectivity index (χ4v) is 2.94. The highest BCUT2D eigenvalue weighted by atomic mass is 16.5. The van der Waals surface area contributed by atoms with Gasteiger partial charge in [-0.2, -0.15) is 0 Å². The Bertz CT molecular complexity index is 979. The molecule has 0 saturated carbocycles. The molecule has 1 amide bonds. The molecule has 7 nitrogen and oxygen atoms in total. The summed E-state index contributed by atoms with van der Waals surface area (Å²) in [6, 6.07) is 13.8. The SMILES string of the molecule is COc1cccc(NC(=O)[C@H]2CC(=O)n3c(nc4ccccc43)N2)c1. The van der Waals surface area contributed by atoms with E-state index in [1.54, 1.807) is 31.4 Å². The summed E-state index contributed by atoms with van der Waals surface area (Å²) >= 11 is 0. The van der Waals surface area contributed by atoms with Crippen molar-refractivity contribution in [3.05, 3.63) is 48.5 Å². The molecule has 0 spiro atoms. The third-order valence-corrected chi connectivity index (χ3v) is 4.15. The Hall–Kier alpha value is -3.35. The molecule has 4 rings (SSSR count). The normalized spacial score (nSPS) is 16.2. The molecule has 1 aliphatic rings. The molecule has 0 bridgehead atoms. The van der Waals surface area contributed by atoms with E-state index in [4.69, 9.17) is 4.74 Å². The molecule has 1 aromatic heterocycles. The second kappa shape index (κ2) is 5.94. The average Bonchev–Trinajstić information content (AvgIpc) is 3.00. The molecule has 0 radical (unpaired) electrons. The summed E-state index contributed by atoms with van der Waals surface area (Å²) in [5.41, 5.74) is 2.06. The molecule has 25 heavy (non-hydrogen) atoms. The minimum atomic E-state index is -0.678. The van der Waals surface area contributed by atoms with Crippen LogP contribution in [-0.2, 0) is 4.79 Å². The van der Waals surface area contributed by atoms with Crippen LogP contribution in [0.25, 0.3) is 11.0 Å². The number of nitrogens with zero attached hydrogens (tertiary/aromatic N) is 2. The predicted octanol–water partition coefficient (Wildman–Crippen LogP) is 2.51. The number of carbonyl (C=O) groups excluding carboxylic acids is 2. The maximum absolute atomic E-state index is 12.5. The highest BCUT2D eigenvalue weighted by Crippen LogP contribution is 2.25. The van der Waals surface area contributed by atoms with Crippen LogP contribution in [0, 0.1) is 0 Å². The van der Waals surface area contributed by atoms with E-state index >= 15 is 0 Å². The number of rotatable bonds is 3. The van der Waals surface area contributed by atoms with E-state index in [0.717, 1.165) is 5.52 Å². The molecule has 2 heterocycles. The summed E-state index contributed by atoms with van der Waals surface area (Å²) in [5, 5.41) is 5.85. The van der Waals surface area contributed by atoms with Gasteiger partial charge in [-0.15, -0.1) is 0 Å². The second-order valence-electron chi connectivity index (χ2n) is 5.78. The van der Waals surface area contributed by atoms with Gasteiger partial charge in [-0.05, 0) is 24.3 Å². The number of imidazole rings is 1. The van der Waals surface area contributed by atoms with Crippen LogP contribution in [0.1, 0.15) is 11.2 Å². The fourth-order valence-electron chi connectivity index (χ4n) is 2.94. The van der Waals surface area contributed by atoms with Crippen molar-refractivity contribution >= 4 is 34.5 Å². The van der Waals surface area contributed by atoms with Gasteiger partial charge in [0.2, 0.25) is 17.8 Å².